The number of carbonyl (C=O) groups excluding carboxylic acids is 1. The number of rotatable bonds is 3. The van der Waals surface area contributed by atoms with Gasteiger partial charge in [0.15, 0.2) is 0 Å². The van der Waals surface area contributed by atoms with Gasteiger partial charge in [0.1, 0.15) is 17.1 Å². The monoisotopic (exact) mass is 291 g/mol. The fraction of sp³-hybridized carbons (Fsp3) is 0.500. The molecule has 0 spiro atoms. The van der Waals surface area contributed by atoms with Crippen LogP contribution in [0.15, 0.2) is 18.2 Å². The fourth-order valence-electron chi connectivity index (χ4n) is 2.79. The SMILES string of the molecule is COC(=O)[C@H]1CCCCN1Cc1cccc2nsnc12. The number of methoxy groups -OCH3 is 1. The first-order valence-corrected chi connectivity index (χ1v) is 7.54. The van der Waals surface area contributed by atoms with E-state index in [1.54, 1.807) is 0 Å². The summed E-state index contributed by atoms with van der Waals surface area (Å²) in [5.41, 5.74) is 3.01. The van der Waals surface area contributed by atoms with Crippen molar-refractivity contribution in [2.75, 3.05) is 13.7 Å². The second-order valence-corrected chi connectivity index (χ2v) is 5.58. The number of nitrogens with zero attached hydrogens (tertiary/aromatic N) is 3. The van der Waals surface area contributed by atoms with Crippen LogP contribution in [-0.4, -0.2) is 39.3 Å². The van der Waals surface area contributed by atoms with Crippen LogP contribution in [0.5, 0.6) is 0 Å². The Morgan fingerprint density at radius 2 is 2.35 bits per heavy atom. The van der Waals surface area contributed by atoms with E-state index in [4.69, 9.17) is 4.74 Å². The van der Waals surface area contributed by atoms with Crippen LogP contribution < -0.4 is 0 Å². The number of aromatic nitrogens is 2. The van der Waals surface area contributed by atoms with Crippen molar-refractivity contribution in [1.82, 2.24) is 13.6 Å². The van der Waals surface area contributed by atoms with E-state index in [0.717, 1.165) is 48.9 Å². The van der Waals surface area contributed by atoms with Crippen molar-refractivity contribution in [1.29, 1.82) is 0 Å². The predicted molar refractivity (Wildman–Crippen MR) is 77.5 cm³/mol. The average molecular weight is 291 g/mol. The normalized spacial score (nSPS) is 20.1. The van der Waals surface area contributed by atoms with Gasteiger partial charge in [-0.1, -0.05) is 18.6 Å². The summed E-state index contributed by atoms with van der Waals surface area (Å²) in [6, 6.07) is 5.90. The minimum absolute atomic E-state index is 0.129. The lowest BCUT2D eigenvalue weighted by molar-refractivity contribution is -0.148. The lowest BCUT2D eigenvalue weighted by Gasteiger charge is -2.33. The number of benzene rings is 1. The Bertz CT molecular complexity index is 613. The molecular formula is C14H17N3O2S. The molecule has 1 fully saturated rings. The summed E-state index contributed by atoms with van der Waals surface area (Å²) in [5, 5.41) is 0. The number of piperidine rings is 1. The molecule has 0 aliphatic carbocycles. The van der Waals surface area contributed by atoms with Crippen molar-refractivity contribution in [3.63, 3.8) is 0 Å². The molecule has 0 bridgehead atoms. The molecule has 1 saturated heterocycles. The van der Waals surface area contributed by atoms with Crippen LogP contribution in [0.1, 0.15) is 24.8 Å². The quantitative estimate of drug-likeness (QED) is 0.812. The molecule has 0 saturated carbocycles. The molecule has 0 radical (unpaired) electrons. The van der Waals surface area contributed by atoms with Crippen LogP contribution in [0.4, 0.5) is 0 Å². The highest BCUT2D eigenvalue weighted by Crippen LogP contribution is 2.23. The third-order valence-corrected chi connectivity index (χ3v) is 4.37. The molecule has 0 amide bonds. The molecule has 1 aromatic heterocycles. The number of carbonyl (C=O) groups is 1. The summed E-state index contributed by atoms with van der Waals surface area (Å²) in [6.45, 7) is 1.65. The van der Waals surface area contributed by atoms with Crippen LogP contribution in [0.25, 0.3) is 11.0 Å². The van der Waals surface area contributed by atoms with Gasteiger partial charge < -0.3 is 4.74 Å². The summed E-state index contributed by atoms with van der Waals surface area (Å²) < 4.78 is 13.5. The molecule has 1 aromatic carbocycles. The molecule has 106 valence electrons. The first-order chi connectivity index (χ1) is 9.79. The van der Waals surface area contributed by atoms with Crippen molar-refractivity contribution < 1.29 is 9.53 Å². The van der Waals surface area contributed by atoms with Gasteiger partial charge in [0.05, 0.1) is 18.8 Å². The summed E-state index contributed by atoms with van der Waals surface area (Å²) in [5.74, 6) is -0.131. The maximum absolute atomic E-state index is 11.9. The van der Waals surface area contributed by atoms with Gasteiger partial charge in [0, 0.05) is 6.54 Å². The highest BCUT2D eigenvalue weighted by atomic mass is 32.1. The smallest absolute Gasteiger partial charge is 0.323 e. The van der Waals surface area contributed by atoms with E-state index in [-0.39, 0.29) is 12.0 Å². The molecule has 2 heterocycles. The Morgan fingerprint density at radius 3 is 3.20 bits per heavy atom. The van der Waals surface area contributed by atoms with Gasteiger partial charge >= 0.3 is 5.97 Å². The summed E-state index contributed by atoms with van der Waals surface area (Å²) in [4.78, 5) is 14.1. The molecule has 6 heteroatoms. The van der Waals surface area contributed by atoms with Crippen LogP contribution in [0.3, 0.4) is 0 Å². The van der Waals surface area contributed by atoms with Crippen molar-refractivity contribution >= 4 is 28.7 Å². The first kappa shape index (κ1) is 13.5. The largest absolute Gasteiger partial charge is 0.468 e. The van der Waals surface area contributed by atoms with Gasteiger partial charge in [-0.2, -0.15) is 8.75 Å². The lowest BCUT2D eigenvalue weighted by atomic mass is 10.0. The Hall–Kier alpha value is -1.53. The van der Waals surface area contributed by atoms with Gasteiger partial charge in [-0.25, -0.2) is 0 Å². The highest BCUT2D eigenvalue weighted by molar-refractivity contribution is 7.00. The van der Waals surface area contributed by atoms with E-state index in [9.17, 15) is 4.79 Å². The Labute approximate surface area is 121 Å². The first-order valence-electron chi connectivity index (χ1n) is 6.81. The molecular weight excluding hydrogens is 274 g/mol. The second-order valence-electron chi connectivity index (χ2n) is 5.05. The lowest BCUT2D eigenvalue weighted by Crippen LogP contribution is -2.44. The summed E-state index contributed by atoms with van der Waals surface area (Å²) >= 11 is 1.23. The van der Waals surface area contributed by atoms with E-state index >= 15 is 0 Å². The van der Waals surface area contributed by atoms with Gasteiger partial charge in [-0.05, 0) is 31.0 Å². The van der Waals surface area contributed by atoms with Gasteiger partial charge in [-0.15, -0.1) is 0 Å². The predicted octanol–water partition coefficient (Wildman–Crippen LogP) is 2.22. The number of likely N-dealkylation sites (tertiary alicyclic amines) is 1. The minimum Gasteiger partial charge on any atom is -0.468 e. The van der Waals surface area contributed by atoms with Gasteiger partial charge in [0.25, 0.3) is 0 Å². The topological polar surface area (TPSA) is 55.3 Å². The second kappa shape index (κ2) is 5.85. The fourth-order valence-corrected chi connectivity index (χ4v) is 3.36. The third kappa shape index (κ3) is 2.53. The Morgan fingerprint density at radius 1 is 1.45 bits per heavy atom. The van der Waals surface area contributed by atoms with Crippen molar-refractivity contribution in [3.05, 3.63) is 23.8 Å². The van der Waals surface area contributed by atoms with Crippen LogP contribution in [0, 0.1) is 0 Å². The van der Waals surface area contributed by atoms with Crippen molar-refractivity contribution in [3.8, 4) is 0 Å². The molecule has 5 nitrogen and oxygen atoms in total. The van der Waals surface area contributed by atoms with Gasteiger partial charge in [0.2, 0.25) is 0 Å². The Balaban J connectivity index is 1.84. The van der Waals surface area contributed by atoms with E-state index in [1.165, 1.54) is 18.8 Å². The minimum atomic E-state index is -0.131. The standard InChI is InChI=1S/C14H17N3O2S/c1-19-14(18)12-7-2-3-8-17(12)9-10-5-4-6-11-13(10)16-20-15-11/h4-6,12H,2-3,7-9H2,1H3/t12-/m1/s1. The molecule has 1 atom stereocenters. The number of hydrogen-bond acceptors (Lipinski definition) is 6. The zero-order chi connectivity index (χ0) is 13.9. The maximum Gasteiger partial charge on any atom is 0.323 e. The zero-order valence-electron chi connectivity index (χ0n) is 11.4. The van der Waals surface area contributed by atoms with E-state index in [0.29, 0.717) is 0 Å². The van der Waals surface area contributed by atoms with E-state index < -0.39 is 0 Å². The van der Waals surface area contributed by atoms with Crippen LogP contribution in [0.2, 0.25) is 0 Å². The van der Waals surface area contributed by atoms with E-state index in [2.05, 4.69) is 19.7 Å². The molecule has 0 unspecified atom stereocenters. The van der Waals surface area contributed by atoms with Crippen molar-refractivity contribution in [2.24, 2.45) is 0 Å². The molecule has 2 aromatic rings. The van der Waals surface area contributed by atoms with Crippen LogP contribution >= 0.6 is 11.7 Å². The van der Waals surface area contributed by atoms with Crippen molar-refractivity contribution in [2.45, 2.75) is 31.8 Å². The third-order valence-electron chi connectivity index (χ3n) is 3.83. The average Bonchev–Trinajstić information content (AvgIpc) is 2.96. The number of esters is 1. The maximum atomic E-state index is 11.9. The molecule has 1 aliphatic rings. The number of fused-ring (bicyclic) bond motifs is 1. The molecule has 20 heavy (non-hydrogen) atoms. The number of ether oxygens (including phenoxy) is 1. The number of hydrogen-bond donors (Lipinski definition) is 0. The molecule has 0 N–H and O–H groups in total. The zero-order valence-corrected chi connectivity index (χ0v) is 12.2. The van der Waals surface area contributed by atoms with E-state index in [1.807, 2.05) is 12.1 Å². The summed E-state index contributed by atoms with van der Waals surface area (Å²) in [6.07, 6.45) is 3.08. The highest BCUT2D eigenvalue weighted by Gasteiger charge is 2.29. The van der Waals surface area contributed by atoms with Gasteiger partial charge in [-0.3, -0.25) is 9.69 Å². The van der Waals surface area contributed by atoms with Crippen LogP contribution in [-0.2, 0) is 16.1 Å². The molecule has 1 aliphatic heterocycles. The Kier molecular flexibility index (Phi) is 3.93. The summed E-state index contributed by atoms with van der Waals surface area (Å²) in [7, 11) is 1.46. The molecule has 3 rings (SSSR count).